The number of rotatable bonds is 4. The van der Waals surface area contributed by atoms with Gasteiger partial charge in [0.1, 0.15) is 11.5 Å². The number of halogens is 1. The number of methoxy groups -OCH3 is 1. The first-order valence-corrected chi connectivity index (χ1v) is 11.2. The first-order chi connectivity index (χ1) is 13.9. The molecule has 1 aliphatic heterocycles. The normalized spacial score (nSPS) is 16.0. The Bertz CT molecular complexity index is 1200. The van der Waals surface area contributed by atoms with Crippen LogP contribution < -0.4 is 14.2 Å². The molecule has 0 saturated heterocycles. The minimum absolute atomic E-state index is 0.0671. The summed E-state index contributed by atoms with van der Waals surface area (Å²) in [4.78, 5) is 13.1. The number of carbonyl (C=O) groups is 1. The Morgan fingerprint density at radius 2 is 1.90 bits per heavy atom. The SMILES string of the molecule is COc1ccc(Br)c2c1C(C(=O)NS(=O)(=O)c1cccc3ccccc13)CCO2. The highest BCUT2D eigenvalue weighted by molar-refractivity contribution is 9.10. The zero-order chi connectivity index (χ0) is 20.6. The van der Waals surface area contributed by atoms with Gasteiger partial charge < -0.3 is 9.47 Å². The second-order valence-corrected chi connectivity index (χ2v) is 9.13. The molecule has 0 spiro atoms. The van der Waals surface area contributed by atoms with Crippen molar-refractivity contribution in [1.29, 1.82) is 0 Å². The molecule has 0 radical (unpaired) electrons. The number of hydrogen-bond acceptors (Lipinski definition) is 5. The minimum Gasteiger partial charge on any atom is -0.496 e. The van der Waals surface area contributed by atoms with E-state index in [1.165, 1.54) is 13.2 Å². The van der Waals surface area contributed by atoms with Crippen LogP contribution >= 0.6 is 15.9 Å². The molecule has 8 heteroatoms. The second-order valence-electron chi connectivity index (χ2n) is 6.63. The summed E-state index contributed by atoms with van der Waals surface area (Å²) < 4.78 is 40.1. The molecule has 6 nitrogen and oxygen atoms in total. The number of carbonyl (C=O) groups excluding carboxylic acids is 1. The number of hydrogen-bond donors (Lipinski definition) is 1. The number of nitrogens with one attached hydrogen (secondary N) is 1. The zero-order valence-electron chi connectivity index (χ0n) is 15.5. The summed E-state index contributed by atoms with van der Waals surface area (Å²) in [6, 6.07) is 15.6. The van der Waals surface area contributed by atoms with E-state index in [4.69, 9.17) is 9.47 Å². The van der Waals surface area contributed by atoms with E-state index in [0.29, 0.717) is 39.9 Å². The van der Waals surface area contributed by atoms with E-state index >= 15 is 0 Å². The molecule has 1 heterocycles. The molecule has 3 aromatic rings. The van der Waals surface area contributed by atoms with Gasteiger partial charge in [-0.1, -0.05) is 36.4 Å². The van der Waals surface area contributed by atoms with Crippen molar-refractivity contribution in [3.63, 3.8) is 0 Å². The molecule has 3 aromatic carbocycles. The fourth-order valence-electron chi connectivity index (χ4n) is 3.58. The number of sulfonamides is 1. The molecule has 150 valence electrons. The average molecular weight is 476 g/mol. The van der Waals surface area contributed by atoms with E-state index in [0.717, 1.165) is 5.39 Å². The Morgan fingerprint density at radius 3 is 2.69 bits per heavy atom. The Morgan fingerprint density at radius 1 is 1.14 bits per heavy atom. The van der Waals surface area contributed by atoms with E-state index < -0.39 is 21.8 Å². The summed E-state index contributed by atoms with van der Waals surface area (Å²) in [7, 11) is -2.56. The smallest absolute Gasteiger partial charge is 0.264 e. The quantitative estimate of drug-likeness (QED) is 0.616. The Hall–Kier alpha value is -2.58. The third-order valence-electron chi connectivity index (χ3n) is 4.92. The van der Waals surface area contributed by atoms with Crippen molar-refractivity contribution in [3.05, 3.63) is 64.6 Å². The van der Waals surface area contributed by atoms with Crippen LogP contribution in [-0.4, -0.2) is 28.0 Å². The van der Waals surface area contributed by atoms with Crippen LogP contribution in [0.15, 0.2) is 64.0 Å². The van der Waals surface area contributed by atoms with Crippen molar-refractivity contribution in [2.45, 2.75) is 17.2 Å². The van der Waals surface area contributed by atoms with Gasteiger partial charge in [-0.15, -0.1) is 0 Å². The molecule has 0 saturated carbocycles. The molecular formula is C21H18BrNO5S. The maximum atomic E-state index is 13.0. The summed E-state index contributed by atoms with van der Waals surface area (Å²) in [6.45, 7) is 0.297. The van der Waals surface area contributed by atoms with E-state index in [1.54, 1.807) is 30.3 Å². The lowest BCUT2D eigenvalue weighted by atomic mass is 9.91. The van der Waals surface area contributed by atoms with E-state index in [9.17, 15) is 13.2 Å². The monoisotopic (exact) mass is 475 g/mol. The summed E-state index contributed by atoms with van der Waals surface area (Å²) in [5, 5.41) is 1.34. The molecule has 1 N–H and O–H groups in total. The van der Waals surface area contributed by atoms with Crippen molar-refractivity contribution in [2.75, 3.05) is 13.7 Å². The predicted octanol–water partition coefficient (Wildman–Crippen LogP) is 3.98. The van der Waals surface area contributed by atoms with Crippen LogP contribution in [0.2, 0.25) is 0 Å². The summed E-state index contributed by atoms with van der Waals surface area (Å²) >= 11 is 3.42. The zero-order valence-corrected chi connectivity index (χ0v) is 17.9. The van der Waals surface area contributed by atoms with Crippen LogP contribution in [0.3, 0.4) is 0 Å². The van der Waals surface area contributed by atoms with Crippen molar-refractivity contribution in [3.8, 4) is 11.5 Å². The van der Waals surface area contributed by atoms with Crippen molar-refractivity contribution in [2.24, 2.45) is 0 Å². The van der Waals surface area contributed by atoms with Gasteiger partial charge in [0.15, 0.2) is 0 Å². The summed E-state index contributed by atoms with van der Waals surface area (Å²) in [5.74, 6) is -0.348. The largest absolute Gasteiger partial charge is 0.496 e. The fraction of sp³-hybridized carbons (Fsp3) is 0.190. The van der Waals surface area contributed by atoms with Crippen LogP contribution in [-0.2, 0) is 14.8 Å². The van der Waals surface area contributed by atoms with Gasteiger partial charge in [0.25, 0.3) is 10.0 Å². The second kappa shape index (κ2) is 7.68. The molecule has 4 rings (SSSR count). The van der Waals surface area contributed by atoms with Crippen LogP contribution in [0.4, 0.5) is 0 Å². The third-order valence-corrected chi connectivity index (χ3v) is 6.95. The molecule has 1 amide bonds. The van der Waals surface area contributed by atoms with Crippen LogP contribution in [0.25, 0.3) is 10.8 Å². The molecule has 0 aromatic heterocycles. The maximum absolute atomic E-state index is 13.0. The molecule has 29 heavy (non-hydrogen) atoms. The molecule has 0 fully saturated rings. The van der Waals surface area contributed by atoms with Crippen LogP contribution in [0.1, 0.15) is 17.9 Å². The minimum atomic E-state index is -4.06. The lowest BCUT2D eigenvalue weighted by Gasteiger charge is -2.27. The van der Waals surface area contributed by atoms with Gasteiger partial charge in [-0.25, -0.2) is 13.1 Å². The Labute approximate surface area is 177 Å². The molecule has 0 aliphatic carbocycles. The molecule has 1 aliphatic rings. The highest BCUT2D eigenvalue weighted by Gasteiger charge is 2.34. The number of ether oxygens (including phenoxy) is 2. The highest BCUT2D eigenvalue weighted by atomic mass is 79.9. The van der Waals surface area contributed by atoms with E-state index in [2.05, 4.69) is 20.7 Å². The van der Waals surface area contributed by atoms with Gasteiger partial charge >= 0.3 is 0 Å². The van der Waals surface area contributed by atoms with Crippen LogP contribution in [0.5, 0.6) is 11.5 Å². The third kappa shape index (κ3) is 3.58. The van der Waals surface area contributed by atoms with Crippen molar-refractivity contribution >= 4 is 42.6 Å². The number of benzene rings is 3. The van der Waals surface area contributed by atoms with Crippen molar-refractivity contribution in [1.82, 2.24) is 4.72 Å². The van der Waals surface area contributed by atoms with Gasteiger partial charge in [0.2, 0.25) is 5.91 Å². The maximum Gasteiger partial charge on any atom is 0.264 e. The fourth-order valence-corrected chi connectivity index (χ4v) is 5.29. The summed E-state index contributed by atoms with van der Waals surface area (Å²) in [6.07, 6.45) is 0.344. The van der Waals surface area contributed by atoms with Gasteiger partial charge in [0.05, 0.1) is 29.0 Å². The van der Waals surface area contributed by atoms with Crippen molar-refractivity contribution < 1.29 is 22.7 Å². The van der Waals surface area contributed by atoms with Gasteiger partial charge in [0, 0.05) is 10.9 Å². The van der Waals surface area contributed by atoms with Gasteiger partial charge in [-0.3, -0.25) is 4.79 Å². The van der Waals surface area contributed by atoms with Gasteiger partial charge in [-0.2, -0.15) is 0 Å². The summed E-state index contributed by atoms with van der Waals surface area (Å²) in [5.41, 5.74) is 0.541. The Balaban J connectivity index is 1.72. The Kier molecular flexibility index (Phi) is 5.23. The van der Waals surface area contributed by atoms with Crippen LogP contribution in [0, 0.1) is 0 Å². The van der Waals surface area contributed by atoms with Gasteiger partial charge in [-0.05, 0) is 45.9 Å². The van der Waals surface area contributed by atoms with E-state index in [-0.39, 0.29) is 4.90 Å². The first-order valence-electron chi connectivity index (χ1n) is 8.96. The number of fused-ring (bicyclic) bond motifs is 2. The molecule has 1 unspecified atom stereocenters. The molecule has 1 atom stereocenters. The first kappa shape index (κ1) is 19.7. The standard InChI is InChI=1S/C21H18BrNO5S/c1-27-17-10-9-16(22)20-19(17)15(11-12-28-20)21(24)23-29(25,26)18-8-4-6-13-5-2-3-7-14(13)18/h2-10,15H,11-12H2,1H3,(H,23,24). The highest BCUT2D eigenvalue weighted by Crippen LogP contribution is 2.44. The topological polar surface area (TPSA) is 81.7 Å². The molecule has 0 bridgehead atoms. The lowest BCUT2D eigenvalue weighted by molar-refractivity contribution is -0.121. The van der Waals surface area contributed by atoms with E-state index in [1.807, 2.05) is 18.2 Å². The average Bonchev–Trinajstić information content (AvgIpc) is 2.73. The lowest BCUT2D eigenvalue weighted by Crippen LogP contribution is -2.36. The number of amides is 1. The predicted molar refractivity (Wildman–Crippen MR) is 113 cm³/mol. The molecular weight excluding hydrogens is 458 g/mol.